The maximum Gasteiger partial charge on any atom is 0.254 e. The quantitative estimate of drug-likeness (QED) is 0.860. The van der Waals surface area contributed by atoms with Crippen molar-refractivity contribution in [2.75, 3.05) is 13.1 Å². The number of hydrogen-bond acceptors (Lipinski definition) is 2. The molecule has 1 aliphatic carbocycles. The third-order valence-corrected chi connectivity index (χ3v) is 4.68. The fraction of sp³-hybridized carbons (Fsp3) is 0.474. The van der Waals surface area contributed by atoms with Crippen molar-refractivity contribution in [3.05, 3.63) is 40.6 Å². The zero-order chi connectivity index (χ0) is 15.7. The summed E-state index contributed by atoms with van der Waals surface area (Å²) in [6, 6.07) is 6.25. The summed E-state index contributed by atoms with van der Waals surface area (Å²) in [5.74, 6) is 0.168. The van der Waals surface area contributed by atoms with Gasteiger partial charge < -0.3 is 4.90 Å². The molecule has 0 N–H and O–H groups in total. The summed E-state index contributed by atoms with van der Waals surface area (Å²) in [5.41, 5.74) is 5.38. The molecule has 3 nitrogen and oxygen atoms in total. The second-order valence-corrected chi connectivity index (χ2v) is 6.12. The van der Waals surface area contributed by atoms with Crippen LogP contribution in [0.15, 0.2) is 18.2 Å². The number of amides is 1. The van der Waals surface area contributed by atoms with E-state index in [4.69, 9.17) is 4.98 Å². The molecule has 1 heterocycles. The van der Waals surface area contributed by atoms with E-state index in [0.29, 0.717) is 0 Å². The molecular weight excluding hydrogens is 272 g/mol. The lowest BCUT2D eigenvalue weighted by molar-refractivity contribution is 0.0773. The van der Waals surface area contributed by atoms with Gasteiger partial charge in [-0.1, -0.05) is 11.6 Å². The van der Waals surface area contributed by atoms with Crippen LogP contribution in [0.5, 0.6) is 0 Å². The van der Waals surface area contributed by atoms with Gasteiger partial charge >= 0.3 is 0 Å². The SMILES string of the molecule is CCN(CC)C(=O)c1c2c(nc3ccc(C)cc13)CCCC2. The summed E-state index contributed by atoms with van der Waals surface area (Å²) in [6.45, 7) is 7.66. The largest absolute Gasteiger partial charge is 0.339 e. The molecule has 3 heteroatoms. The molecule has 116 valence electrons. The van der Waals surface area contributed by atoms with E-state index in [-0.39, 0.29) is 5.91 Å². The van der Waals surface area contributed by atoms with Crippen LogP contribution in [-0.2, 0) is 12.8 Å². The standard InChI is InChI=1S/C19H24N2O/c1-4-21(5-2)19(22)18-14-8-6-7-9-16(14)20-17-11-10-13(3)12-15(17)18/h10-12H,4-9H2,1-3H3. The van der Waals surface area contributed by atoms with Crippen molar-refractivity contribution < 1.29 is 4.79 Å². The molecule has 3 rings (SSSR count). The maximum absolute atomic E-state index is 13.1. The van der Waals surface area contributed by atoms with E-state index in [0.717, 1.165) is 54.5 Å². The number of aromatic nitrogens is 1. The molecule has 0 aliphatic heterocycles. The molecule has 2 aromatic rings. The van der Waals surface area contributed by atoms with Gasteiger partial charge in [-0.3, -0.25) is 9.78 Å². The molecular formula is C19H24N2O. The monoisotopic (exact) mass is 296 g/mol. The van der Waals surface area contributed by atoms with Gasteiger partial charge in [0.2, 0.25) is 0 Å². The Morgan fingerprint density at radius 2 is 1.91 bits per heavy atom. The molecule has 0 radical (unpaired) electrons. The summed E-state index contributed by atoms with van der Waals surface area (Å²) >= 11 is 0. The highest BCUT2D eigenvalue weighted by Gasteiger charge is 2.24. The highest BCUT2D eigenvalue weighted by Crippen LogP contribution is 2.30. The molecule has 0 saturated carbocycles. The summed E-state index contributed by atoms with van der Waals surface area (Å²) in [4.78, 5) is 19.9. The van der Waals surface area contributed by atoms with Gasteiger partial charge in [-0.15, -0.1) is 0 Å². The van der Waals surface area contributed by atoms with Crippen molar-refractivity contribution in [1.29, 1.82) is 0 Å². The van der Waals surface area contributed by atoms with E-state index >= 15 is 0 Å². The lowest BCUT2D eigenvalue weighted by Crippen LogP contribution is -2.32. The number of pyridine rings is 1. The zero-order valence-electron chi connectivity index (χ0n) is 13.8. The van der Waals surface area contributed by atoms with E-state index in [1.54, 1.807) is 0 Å². The smallest absolute Gasteiger partial charge is 0.254 e. The van der Waals surface area contributed by atoms with Crippen LogP contribution in [-0.4, -0.2) is 28.9 Å². The predicted molar refractivity (Wildman–Crippen MR) is 90.4 cm³/mol. The zero-order valence-corrected chi connectivity index (χ0v) is 13.8. The molecule has 0 bridgehead atoms. The Kier molecular flexibility index (Phi) is 4.14. The molecule has 1 amide bonds. The Hall–Kier alpha value is -1.90. The van der Waals surface area contributed by atoms with Crippen LogP contribution < -0.4 is 0 Å². The number of nitrogens with zero attached hydrogens (tertiary/aromatic N) is 2. The molecule has 0 saturated heterocycles. The Bertz CT molecular complexity index is 717. The Labute approximate surface area is 132 Å². The normalized spacial score (nSPS) is 14.0. The number of hydrogen-bond donors (Lipinski definition) is 0. The van der Waals surface area contributed by atoms with Gasteiger partial charge in [0, 0.05) is 24.2 Å². The lowest BCUT2D eigenvalue weighted by atomic mass is 9.89. The van der Waals surface area contributed by atoms with E-state index in [1.165, 1.54) is 17.5 Å². The fourth-order valence-corrected chi connectivity index (χ4v) is 3.45. The van der Waals surface area contributed by atoms with Crippen LogP contribution >= 0.6 is 0 Å². The number of carbonyl (C=O) groups is 1. The average molecular weight is 296 g/mol. The highest BCUT2D eigenvalue weighted by molar-refractivity contribution is 6.07. The molecule has 0 atom stereocenters. The minimum atomic E-state index is 0.168. The summed E-state index contributed by atoms with van der Waals surface area (Å²) in [5, 5.41) is 1.03. The van der Waals surface area contributed by atoms with Gasteiger partial charge in [0.15, 0.2) is 0 Å². The number of benzene rings is 1. The van der Waals surface area contributed by atoms with E-state index < -0.39 is 0 Å². The van der Waals surface area contributed by atoms with Crippen molar-refractivity contribution in [2.24, 2.45) is 0 Å². The summed E-state index contributed by atoms with van der Waals surface area (Å²) < 4.78 is 0. The molecule has 0 unspecified atom stereocenters. The van der Waals surface area contributed by atoms with E-state index in [1.807, 2.05) is 18.7 Å². The highest BCUT2D eigenvalue weighted by atomic mass is 16.2. The van der Waals surface area contributed by atoms with Gasteiger partial charge in [0.25, 0.3) is 5.91 Å². The van der Waals surface area contributed by atoms with E-state index in [2.05, 4.69) is 25.1 Å². The molecule has 0 fully saturated rings. The first-order valence-corrected chi connectivity index (χ1v) is 8.37. The van der Waals surface area contributed by atoms with Crippen LogP contribution in [0.2, 0.25) is 0 Å². The predicted octanol–water partition coefficient (Wildman–Crippen LogP) is 3.90. The molecule has 0 spiro atoms. The Morgan fingerprint density at radius 1 is 1.18 bits per heavy atom. The minimum Gasteiger partial charge on any atom is -0.339 e. The van der Waals surface area contributed by atoms with Gasteiger partial charge in [-0.25, -0.2) is 0 Å². The molecule has 1 aliphatic rings. The number of fused-ring (bicyclic) bond motifs is 2. The first kappa shape index (κ1) is 15.0. The average Bonchev–Trinajstić information content (AvgIpc) is 2.53. The second kappa shape index (κ2) is 6.07. The van der Waals surface area contributed by atoms with Gasteiger partial charge in [-0.2, -0.15) is 0 Å². The van der Waals surface area contributed by atoms with E-state index in [9.17, 15) is 4.79 Å². The summed E-state index contributed by atoms with van der Waals surface area (Å²) in [6.07, 6.45) is 4.31. The van der Waals surface area contributed by atoms with Crippen LogP contribution in [0, 0.1) is 6.92 Å². The molecule has 1 aromatic carbocycles. The van der Waals surface area contributed by atoms with Crippen molar-refractivity contribution in [3.8, 4) is 0 Å². The first-order valence-electron chi connectivity index (χ1n) is 8.37. The van der Waals surface area contributed by atoms with Crippen molar-refractivity contribution in [1.82, 2.24) is 9.88 Å². The topological polar surface area (TPSA) is 33.2 Å². The fourth-order valence-electron chi connectivity index (χ4n) is 3.45. The maximum atomic E-state index is 13.1. The van der Waals surface area contributed by atoms with Crippen molar-refractivity contribution >= 4 is 16.8 Å². The molecule has 22 heavy (non-hydrogen) atoms. The minimum absolute atomic E-state index is 0.168. The van der Waals surface area contributed by atoms with Crippen molar-refractivity contribution in [2.45, 2.75) is 46.5 Å². The second-order valence-electron chi connectivity index (χ2n) is 6.12. The molecule has 1 aromatic heterocycles. The van der Waals surface area contributed by atoms with Gasteiger partial charge in [-0.05, 0) is 64.2 Å². The first-order chi connectivity index (χ1) is 10.7. The lowest BCUT2D eigenvalue weighted by Gasteiger charge is -2.25. The van der Waals surface area contributed by atoms with Crippen LogP contribution in [0.1, 0.15) is 53.9 Å². The van der Waals surface area contributed by atoms with Gasteiger partial charge in [0.05, 0.1) is 11.1 Å². The Balaban J connectivity index is 2.28. The summed E-state index contributed by atoms with van der Waals surface area (Å²) in [7, 11) is 0. The number of rotatable bonds is 3. The van der Waals surface area contributed by atoms with Gasteiger partial charge in [0.1, 0.15) is 0 Å². The third kappa shape index (κ3) is 2.49. The number of carbonyl (C=O) groups excluding carboxylic acids is 1. The van der Waals surface area contributed by atoms with Crippen LogP contribution in [0.25, 0.3) is 10.9 Å². The van der Waals surface area contributed by atoms with Crippen LogP contribution in [0.4, 0.5) is 0 Å². The third-order valence-electron chi connectivity index (χ3n) is 4.68. The van der Waals surface area contributed by atoms with Crippen LogP contribution in [0.3, 0.4) is 0 Å². The number of aryl methyl sites for hydroxylation is 2. The Morgan fingerprint density at radius 3 is 2.64 bits per heavy atom. The van der Waals surface area contributed by atoms with Crippen molar-refractivity contribution in [3.63, 3.8) is 0 Å².